The standard InChI is InChI=1S/C12H20N2O2S/c1-9(2)6-7-14-17(15,16)11-4-5-12(13)10(3)8-11/h4-5,8-9,14H,6-7,13H2,1-3H3. The topological polar surface area (TPSA) is 72.2 Å². The summed E-state index contributed by atoms with van der Waals surface area (Å²) in [7, 11) is -3.40. The Balaban J connectivity index is 2.79. The molecule has 0 amide bonds. The summed E-state index contributed by atoms with van der Waals surface area (Å²) in [5, 5.41) is 0. The Morgan fingerprint density at radius 1 is 1.35 bits per heavy atom. The second kappa shape index (κ2) is 5.51. The molecule has 0 heterocycles. The fourth-order valence-corrected chi connectivity index (χ4v) is 2.51. The van der Waals surface area contributed by atoms with E-state index in [0.717, 1.165) is 12.0 Å². The van der Waals surface area contributed by atoms with Crippen molar-refractivity contribution in [2.75, 3.05) is 12.3 Å². The fraction of sp³-hybridized carbons (Fsp3) is 0.500. The maximum absolute atomic E-state index is 11.9. The first-order valence-electron chi connectivity index (χ1n) is 5.68. The monoisotopic (exact) mass is 256 g/mol. The molecule has 4 nitrogen and oxygen atoms in total. The molecule has 0 aromatic heterocycles. The third-order valence-electron chi connectivity index (χ3n) is 2.57. The molecule has 0 aliphatic heterocycles. The zero-order valence-electron chi connectivity index (χ0n) is 10.5. The van der Waals surface area contributed by atoms with Gasteiger partial charge in [0, 0.05) is 12.2 Å². The molecule has 17 heavy (non-hydrogen) atoms. The van der Waals surface area contributed by atoms with Gasteiger partial charge in [-0.2, -0.15) is 0 Å². The molecule has 0 aliphatic carbocycles. The molecule has 0 atom stereocenters. The summed E-state index contributed by atoms with van der Waals surface area (Å²) < 4.78 is 26.4. The van der Waals surface area contributed by atoms with Gasteiger partial charge in [0.05, 0.1) is 4.90 Å². The van der Waals surface area contributed by atoms with Crippen molar-refractivity contribution in [2.24, 2.45) is 5.92 Å². The number of hydrogen-bond acceptors (Lipinski definition) is 3. The minimum atomic E-state index is -3.40. The predicted octanol–water partition coefficient (Wildman–Crippen LogP) is 1.90. The fourth-order valence-electron chi connectivity index (χ4n) is 1.38. The van der Waals surface area contributed by atoms with Gasteiger partial charge < -0.3 is 5.73 Å². The lowest BCUT2D eigenvalue weighted by molar-refractivity contribution is 0.551. The third-order valence-corrected chi connectivity index (χ3v) is 4.02. The van der Waals surface area contributed by atoms with Crippen molar-refractivity contribution in [3.63, 3.8) is 0 Å². The summed E-state index contributed by atoms with van der Waals surface area (Å²) in [5.74, 6) is 0.478. The van der Waals surface area contributed by atoms with E-state index in [-0.39, 0.29) is 4.90 Å². The van der Waals surface area contributed by atoms with Crippen molar-refractivity contribution in [3.8, 4) is 0 Å². The Labute approximate surface area is 103 Å². The van der Waals surface area contributed by atoms with Crippen LogP contribution in [0.25, 0.3) is 0 Å². The van der Waals surface area contributed by atoms with Gasteiger partial charge in [-0.1, -0.05) is 13.8 Å². The molecule has 1 rings (SSSR count). The summed E-state index contributed by atoms with van der Waals surface area (Å²) in [4.78, 5) is 0.271. The van der Waals surface area contributed by atoms with Gasteiger partial charge >= 0.3 is 0 Å². The molecule has 0 unspecified atom stereocenters. The van der Waals surface area contributed by atoms with E-state index in [1.807, 2.05) is 0 Å². The molecule has 1 aromatic rings. The largest absolute Gasteiger partial charge is 0.399 e. The maximum Gasteiger partial charge on any atom is 0.240 e. The van der Waals surface area contributed by atoms with Crippen LogP contribution < -0.4 is 10.5 Å². The first-order valence-corrected chi connectivity index (χ1v) is 7.17. The van der Waals surface area contributed by atoms with E-state index < -0.39 is 10.0 Å². The maximum atomic E-state index is 11.9. The summed E-state index contributed by atoms with van der Waals surface area (Å²) >= 11 is 0. The van der Waals surface area contributed by atoms with Crippen LogP contribution in [-0.2, 0) is 10.0 Å². The third kappa shape index (κ3) is 4.02. The lowest BCUT2D eigenvalue weighted by atomic mass is 10.1. The van der Waals surface area contributed by atoms with Gasteiger partial charge in [-0.15, -0.1) is 0 Å². The van der Waals surface area contributed by atoms with Crippen LogP contribution in [0.15, 0.2) is 23.1 Å². The molecule has 96 valence electrons. The highest BCUT2D eigenvalue weighted by Crippen LogP contribution is 2.16. The van der Waals surface area contributed by atoms with E-state index >= 15 is 0 Å². The zero-order valence-corrected chi connectivity index (χ0v) is 11.3. The van der Waals surface area contributed by atoms with E-state index in [9.17, 15) is 8.42 Å². The molecule has 0 spiro atoms. The quantitative estimate of drug-likeness (QED) is 0.790. The molecule has 5 heteroatoms. The van der Waals surface area contributed by atoms with Gasteiger partial charge in [0.25, 0.3) is 0 Å². The van der Waals surface area contributed by atoms with Crippen LogP contribution in [0, 0.1) is 12.8 Å². The number of anilines is 1. The van der Waals surface area contributed by atoms with Crippen LogP contribution >= 0.6 is 0 Å². The average Bonchev–Trinajstić information content (AvgIpc) is 2.21. The minimum absolute atomic E-state index is 0.271. The first kappa shape index (κ1) is 14.0. The number of nitrogen functional groups attached to an aromatic ring is 1. The van der Waals surface area contributed by atoms with Crippen molar-refractivity contribution < 1.29 is 8.42 Å². The van der Waals surface area contributed by atoms with Crippen molar-refractivity contribution in [3.05, 3.63) is 23.8 Å². The van der Waals surface area contributed by atoms with Crippen molar-refractivity contribution in [2.45, 2.75) is 32.1 Å². The van der Waals surface area contributed by atoms with Crippen molar-refractivity contribution in [1.82, 2.24) is 4.72 Å². The number of benzene rings is 1. The summed E-state index contributed by atoms with van der Waals surface area (Å²) in [6, 6.07) is 4.74. The van der Waals surface area contributed by atoms with Gasteiger partial charge in [-0.25, -0.2) is 13.1 Å². The van der Waals surface area contributed by atoms with Gasteiger partial charge in [-0.3, -0.25) is 0 Å². The van der Waals surface area contributed by atoms with E-state index in [4.69, 9.17) is 5.73 Å². The number of rotatable bonds is 5. The smallest absolute Gasteiger partial charge is 0.240 e. The molecule has 0 saturated heterocycles. The Morgan fingerprint density at radius 2 is 2.00 bits per heavy atom. The summed E-state index contributed by atoms with van der Waals surface area (Å²) in [5.41, 5.74) is 7.03. The summed E-state index contributed by atoms with van der Waals surface area (Å²) in [6.45, 7) is 6.37. The van der Waals surface area contributed by atoms with Gasteiger partial charge in [0.1, 0.15) is 0 Å². The summed E-state index contributed by atoms with van der Waals surface area (Å²) in [6.07, 6.45) is 0.827. The molecule has 0 bridgehead atoms. The first-order chi connectivity index (χ1) is 7.83. The van der Waals surface area contributed by atoms with Crippen LogP contribution in [0.2, 0.25) is 0 Å². The number of aryl methyl sites for hydroxylation is 1. The molecular formula is C12H20N2O2S. The Morgan fingerprint density at radius 3 is 2.53 bits per heavy atom. The van der Waals surface area contributed by atoms with Crippen LogP contribution in [0.1, 0.15) is 25.8 Å². The average molecular weight is 256 g/mol. The van der Waals surface area contributed by atoms with E-state index in [2.05, 4.69) is 18.6 Å². The van der Waals surface area contributed by atoms with Crippen LogP contribution in [0.3, 0.4) is 0 Å². The lowest BCUT2D eigenvalue weighted by Gasteiger charge is -2.09. The highest BCUT2D eigenvalue weighted by atomic mass is 32.2. The van der Waals surface area contributed by atoms with E-state index in [1.165, 1.54) is 6.07 Å². The van der Waals surface area contributed by atoms with Crippen LogP contribution in [0.4, 0.5) is 5.69 Å². The van der Waals surface area contributed by atoms with Crippen LogP contribution in [-0.4, -0.2) is 15.0 Å². The molecule has 1 aromatic carbocycles. The normalized spacial score (nSPS) is 12.0. The van der Waals surface area contributed by atoms with Gasteiger partial charge in [-0.05, 0) is 43.0 Å². The van der Waals surface area contributed by atoms with Gasteiger partial charge in [0.15, 0.2) is 0 Å². The molecule has 0 radical (unpaired) electrons. The number of nitrogens with one attached hydrogen (secondary N) is 1. The molecule has 3 N–H and O–H groups in total. The van der Waals surface area contributed by atoms with Crippen molar-refractivity contribution in [1.29, 1.82) is 0 Å². The minimum Gasteiger partial charge on any atom is -0.399 e. The molecule has 0 fully saturated rings. The predicted molar refractivity (Wildman–Crippen MR) is 70.2 cm³/mol. The highest BCUT2D eigenvalue weighted by molar-refractivity contribution is 7.89. The Bertz CT molecular complexity index is 481. The Hall–Kier alpha value is -1.07. The van der Waals surface area contributed by atoms with E-state index in [0.29, 0.717) is 18.2 Å². The molecular weight excluding hydrogens is 236 g/mol. The van der Waals surface area contributed by atoms with Gasteiger partial charge in [0.2, 0.25) is 10.0 Å². The highest BCUT2D eigenvalue weighted by Gasteiger charge is 2.14. The number of sulfonamides is 1. The molecule has 0 saturated carbocycles. The van der Waals surface area contributed by atoms with Crippen LogP contribution in [0.5, 0.6) is 0 Å². The second-order valence-corrected chi connectivity index (χ2v) is 6.37. The SMILES string of the molecule is Cc1cc(S(=O)(=O)NCCC(C)C)ccc1N. The number of hydrogen-bond donors (Lipinski definition) is 2. The lowest BCUT2D eigenvalue weighted by Crippen LogP contribution is -2.25. The molecule has 0 aliphatic rings. The zero-order chi connectivity index (χ0) is 13.1. The number of nitrogens with two attached hydrogens (primary N) is 1. The van der Waals surface area contributed by atoms with Crippen molar-refractivity contribution >= 4 is 15.7 Å². The second-order valence-electron chi connectivity index (χ2n) is 4.60. The van der Waals surface area contributed by atoms with E-state index in [1.54, 1.807) is 19.1 Å². The Kier molecular flexibility index (Phi) is 4.54.